The van der Waals surface area contributed by atoms with Crippen LogP contribution in [-0.2, 0) is 0 Å². The summed E-state index contributed by atoms with van der Waals surface area (Å²) in [5.74, 6) is 0.511. The molecule has 2 aromatic carbocycles. The largest absolute Gasteiger partial charge is 0.244 e. The van der Waals surface area contributed by atoms with Crippen molar-refractivity contribution in [3.05, 3.63) is 75.0 Å². The molecule has 0 spiro atoms. The van der Waals surface area contributed by atoms with Gasteiger partial charge in [-0.05, 0) is 66.5 Å². The summed E-state index contributed by atoms with van der Waals surface area (Å²) in [4.78, 5) is 4.29. The van der Waals surface area contributed by atoms with Gasteiger partial charge in [-0.3, -0.25) is 0 Å². The second-order valence-corrected chi connectivity index (χ2v) is 8.14. The minimum absolute atomic E-state index is 0.511. The van der Waals surface area contributed by atoms with Crippen molar-refractivity contribution in [2.45, 2.75) is 34.1 Å². The number of aromatic nitrogens is 1. The van der Waals surface area contributed by atoms with Crippen molar-refractivity contribution in [3.8, 4) is 0 Å². The molecule has 0 aliphatic heterocycles. The predicted molar refractivity (Wildman–Crippen MR) is 115 cm³/mol. The van der Waals surface area contributed by atoms with Crippen molar-refractivity contribution >= 4 is 45.6 Å². The van der Waals surface area contributed by atoms with Crippen LogP contribution >= 0.6 is 23.2 Å². The Morgan fingerprint density at radius 1 is 1.04 bits per heavy atom. The highest BCUT2D eigenvalue weighted by atomic mass is 35.5. The lowest BCUT2D eigenvalue weighted by atomic mass is 9.91. The quantitative estimate of drug-likeness (QED) is 0.331. The Bertz CT molecular complexity index is 967. The van der Waals surface area contributed by atoms with Crippen LogP contribution in [-0.4, -0.2) is 4.98 Å². The van der Waals surface area contributed by atoms with Crippen LogP contribution in [0.2, 0.25) is 10.2 Å². The van der Waals surface area contributed by atoms with E-state index < -0.39 is 0 Å². The molecule has 0 radical (unpaired) electrons. The number of aryl methyl sites for hydroxylation is 2. The summed E-state index contributed by atoms with van der Waals surface area (Å²) in [6.07, 6.45) is 4.92. The standard InChI is InChI=1S/C23H23Cl2N/c1-14(2)7-19(11-17-9-15(3)8-16(4)10-17)21-13-20(24)12-18-5-6-26-23(25)22(18)21/h5-6,8-14H,7H2,1-4H3/b19-11+. The summed E-state index contributed by atoms with van der Waals surface area (Å²) in [7, 11) is 0. The second-order valence-electron chi connectivity index (χ2n) is 7.34. The van der Waals surface area contributed by atoms with Crippen molar-refractivity contribution in [1.82, 2.24) is 4.98 Å². The first kappa shape index (κ1) is 18.9. The van der Waals surface area contributed by atoms with E-state index in [-0.39, 0.29) is 0 Å². The van der Waals surface area contributed by atoms with E-state index in [0.29, 0.717) is 16.1 Å². The molecule has 3 aromatic rings. The van der Waals surface area contributed by atoms with Crippen LogP contribution < -0.4 is 0 Å². The number of hydrogen-bond acceptors (Lipinski definition) is 1. The summed E-state index contributed by atoms with van der Waals surface area (Å²) < 4.78 is 0. The number of rotatable bonds is 4. The third-order valence-corrected chi connectivity index (χ3v) is 4.85. The molecule has 1 nitrogen and oxygen atoms in total. The van der Waals surface area contributed by atoms with Crippen LogP contribution in [0.25, 0.3) is 22.4 Å². The molecule has 0 atom stereocenters. The fourth-order valence-electron chi connectivity index (χ4n) is 3.47. The summed E-state index contributed by atoms with van der Waals surface area (Å²) >= 11 is 12.9. The molecule has 0 aliphatic carbocycles. The summed E-state index contributed by atoms with van der Waals surface area (Å²) in [5.41, 5.74) is 6.02. The zero-order valence-corrected chi connectivity index (χ0v) is 17.1. The maximum atomic E-state index is 6.47. The SMILES string of the molecule is Cc1cc(C)cc(/C=C(\CC(C)C)c2cc(Cl)cc3ccnc(Cl)c23)c1. The van der Waals surface area contributed by atoms with Gasteiger partial charge in [0.2, 0.25) is 0 Å². The van der Waals surface area contributed by atoms with Gasteiger partial charge in [-0.15, -0.1) is 0 Å². The zero-order chi connectivity index (χ0) is 18.8. The zero-order valence-electron chi connectivity index (χ0n) is 15.6. The fourth-order valence-corrected chi connectivity index (χ4v) is 3.97. The average molecular weight is 384 g/mol. The molecule has 134 valence electrons. The highest BCUT2D eigenvalue weighted by molar-refractivity contribution is 6.36. The van der Waals surface area contributed by atoms with E-state index in [1.165, 1.54) is 22.3 Å². The average Bonchev–Trinajstić information content (AvgIpc) is 2.52. The van der Waals surface area contributed by atoms with E-state index in [1.54, 1.807) is 6.20 Å². The lowest BCUT2D eigenvalue weighted by Crippen LogP contribution is -1.95. The van der Waals surface area contributed by atoms with Gasteiger partial charge in [0.1, 0.15) is 5.15 Å². The van der Waals surface area contributed by atoms with Crippen molar-refractivity contribution in [3.63, 3.8) is 0 Å². The minimum atomic E-state index is 0.511. The van der Waals surface area contributed by atoms with Crippen molar-refractivity contribution in [1.29, 1.82) is 0 Å². The Hall–Kier alpha value is -1.83. The van der Waals surface area contributed by atoms with Crippen molar-refractivity contribution < 1.29 is 0 Å². The van der Waals surface area contributed by atoms with Gasteiger partial charge in [-0.25, -0.2) is 4.98 Å². The predicted octanol–water partition coefficient (Wildman–Crippen LogP) is 7.75. The van der Waals surface area contributed by atoms with Crippen LogP contribution in [0.5, 0.6) is 0 Å². The van der Waals surface area contributed by atoms with E-state index in [2.05, 4.69) is 57.0 Å². The fraction of sp³-hybridized carbons (Fsp3) is 0.261. The number of nitrogens with zero attached hydrogens (tertiary/aromatic N) is 1. The van der Waals surface area contributed by atoms with Crippen LogP contribution in [0.1, 0.15) is 42.5 Å². The lowest BCUT2D eigenvalue weighted by molar-refractivity contribution is 0.675. The van der Waals surface area contributed by atoms with Crippen molar-refractivity contribution in [2.75, 3.05) is 0 Å². The summed E-state index contributed by atoms with van der Waals surface area (Å²) in [6, 6.07) is 12.5. The molecule has 0 bridgehead atoms. The van der Waals surface area contributed by atoms with Crippen LogP contribution in [0.15, 0.2) is 42.6 Å². The first-order chi connectivity index (χ1) is 12.3. The lowest BCUT2D eigenvalue weighted by Gasteiger charge is -2.15. The van der Waals surface area contributed by atoms with Gasteiger partial charge in [-0.1, -0.05) is 72.5 Å². The second kappa shape index (κ2) is 7.82. The van der Waals surface area contributed by atoms with E-state index in [0.717, 1.165) is 22.8 Å². The summed E-state index contributed by atoms with van der Waals surface area (Å²) in [5, 5.41) is 3.21. The normalized spacial score (nSPS) is 12.2. The number of benzene rings is 2. The van der Waals surface area contributed by atoms with Crippen LogP contribution in [0, 0.1) is 19.8 Å². The summed E-state index contributed by atoms with van der Waals surface area (Å²) in [6.45, 7) is 8.70. The van der Waals surface area contributed by atoms with Gasteiger partial charge in [0.25, 0.3) is 0 Å². The first-order valence-corrected chi connectivity index (χ1v) is 9.62. The molecule has 26 heavy (non-hydrogen) atoms. The maximum Gasteiger partial charge on any atom is 0.137 e. The van der Waals surface area contributed by atoms with Gasteiger partial charge in [0.15, 0.2) is 0 Å². The highest BCUT2D eigenvalue weighted by Crippen LogP contribution is 2.36. The number of hydrogen-bond donors (Lipinski definition) is 0. The van der Waals surface area contributed by atoms with E-state index in [9.17, 15) is 0 Å². The molecule has 0 N–H and O–H groups in total. The molecular weight excluding hydrogens is 361 g/mol. The molecule has 0 saturated heterocycles. The molecule has 0 amide bonds. The minimum Gasteiger partial charge on any atom is -0.244 e. The molecule has 0 saturated carbocycles. The third-order valence-electron chi connectivity index (χ3n) is 4.34. The molecule has 0 unspecified atom stereocenters. The Morgan fingerprint density at radius 2 is 1.73 bits per heavy atom. The molecule has 0 aliphatic rings. The topological polar surface area (TPSA) is 12.9 Å². The third kappa shape index (κ3) is 4.28. The smallest absolute Gasteiger partial charge is 0.137 e. The maximum absolute atomic E-state index is 6.47. The molecule has 1 heterocycles. The Balaban J connectivity index is 2.27. The van der Waals surface area contributed by atoms with Crippen LogP contribution in [0.3, 0.4) is 0 Å². The van der Waals surface area contributed by atoms with Gasteiger partial charge in [-0.2, -0.15) is 0 Å². The van der Waals surface area contributed by atoms with Gasteiger partial charge in [0, 0.05) is 16.6 Å². The van der Waals surface area contributed by atoms with E-state index in [1.807, 2.05) is 18.2 Å². The Morgan fingerprint density at radius 3 is 2.38 bits per heavy atom. The number of fused-ring (bicyclic) bond motifs is 1. The molecule has 0 fully saturated rings. The molecule has 1 aromatic heterocycles. The molecule has 3 heteroatoms. The monoisotopic (exact) mass is 383 g/mol. The number of allylic oxidation sites excluding steroid dienone is 1. The highest BCUT2D eigenvalue weighted by Gasteiger charge is 2.14. The van der Waals surface area contributed by atoms with Crippen molar-refractivity contribution in [2.24, 2.45) is 5.92 Å². The molecular formula is C23H23Cl2N. The Labute approximate surface area is 165 Å². The first-order valence-electron chi connectivity index (χ1n) is 8.86. The number of halogens is 2. The van der Waals surface area contributed by atoms with Gasteiger partial charge < -0.3 is 0 Å². The molecule has 3 rings (SSSR count). The van der Waals surface area contributed by atoms with Gasteiger partial charge >= 0.3 is 0 Å². The van der Waals surface area contributed by atoms with E-state index >= 15 is 0 Å². The van der Waals surface area contributed by atoms with Crippen LogP contribution in [0.4, 0.5) is 0 Å². The number of pyridine rings is 1. The van der Waals surface area contributed by atoms with E-state index in [4.69, 9.17) is 23.2 Å². The Kier molecular flexibility index (Phi) is 5.70. The van der Waals surface area contributed by atoms with Gasteiger partial charge in [0.05, 0.1) is 0 Å².